The molecule has 2 aromatic rings. The van der Waals surface area contributed by atoms with Crippen molar-refractivity contribution < 1.29 is 13.2 Å². The molecule has 0 unspecified atom stereocenters. The molecule has 1 aliphatic carbocycles. The molecule has 1 saturated carbocycles. The second kappa shape index (κ2) is 9.70. The molecule has 0 spiro atoms. The van der Waals surface area contributed by atoms with Gasteiger partial charge >= 0.3 is 6.18 Å². The Morgan fingerprint density at radius 3 is 2.52 bits per heavy atom. The summed E-state index contributed by atoms with van der Waals surface area (Å²) in [5.74, 6) is 0. The lowest BCUT2D eigenvalue weighted by atomic mass is 9.85. The normalized spacial score (nSPS) is 18.4. The summed E-state index contributed by atoms with van der Waals surface area (Å²) in [6, 6.07) is 13.7. The molecule has 0 atom stereocenters. The number of anilines is 1. The molecule has 164 valence electrons. The SMILES string of the molecule is C=C(c1ccccc1)N(C=NC)C1CC(NC(=S)Nc2ccc(Cl)c(C(F)(F)F)c2)C1. The quantitative estimate of drug-likeness (QED) is 0.320. The van der Waals surface area contributed by atoms with Gasteiger partial charge in [0.1, 0.15) is 0 Å². The van der Waals surface area contributed by atoms with Crippen molar-refractivity contribution in [2.75, 3.05) is 12.4 Å². The fraction of sp³-hybridized carbons (Fsp3) is 0.273. The first-order chi connectivity index (χ1) is 14.7. The molecule has 3 rings (SSSR count). The van der Waals surface area contributed by atoms with Gasteiger partial charge in [0.2, 0.25) is 0 Å². The third-order valence-corrected chi connectivity index (χ3v) is 5.58. The first kappa shape index (κ1) is 23.1. The zero-order valence-electron chi connectivity index (χ0n) is 16.8. The maximum atomic E-state index is 13.0. The highest BCUT2D eigenvalue weighted by Gasteiger charge is 2.35. The molecule has 1 aliphatic rings. The molecule has 2 aromatic carbocycles. The maximum absolute atomic E-state index is 13.0. The van der Waals surface area contributed by atoms with Gasteiger partial charge in [0.15, 0.2) is 5.11 Å². The summed E-state index contributed by atoms with van der Waals surface area (Å²) in [6.45, 7) is 4.20. The average Bonchev–Trinajstić information content (AvgIpc) is 2.70. The fourth-order valence-corrected chi connectivity index (χ4v) is 3.90. The van der Waals surface area contributed by atoms with Crippen LogP contribution < -0.4 is 10.6 Å². The van der Waals surface area contributed by atoms with Crippen molar-refractivity contribution >= 4 is 46.7 Å². The summed E-state index contributed by atoms with van der Waals surface area (Å²) in [5, 5.41) is 5.86. The Bertz CT molecular complexity index is 972. The molecule has 0 saturated heterocycles. The first-order valence-corrected chi connectivity index (χ1v) is 10.4. The minimum Gasteiger partial charge on any atom is -0.360 e. The Morgan fingerprint density at radius 2 is 1.90 bits per heavy atom. The van der Waals surface area contributed by atoms with Crippen LogP contribution in [0.2, 0.25) is 5.02 Å². The van der Waals surface area contributed by atoms with Crippen molar-refractivity contribution in [2.24, 2.45) is 4.99 Å². The van der Waals surface area contributed by atoms with E-state index in [0.717, 1.165) is 30.2 Å². The van der Waals surface area contributed by atoms with Gasteiger partial charge in [0.25, 0.3) is 0 Å². The summed E-state index contributed by atoms with van der Waals surface area (Å²) < 4.78 is 39.1. The first-order valence-electron chi connectivity index (χ1n) is 9.58. The van der Waals surface area contributed by atoms with Crippen molar-refractivity contribution in [1.82, 2.24) is 10.2 Å². The second-order valence-corrected chi connectivity index (χ2v) is 8.02. The minimum absolute atomic E-state index is 0.0933. The number of nitrogens with one attached hydrogen (secondary N) is 2. The molecule has 9 heteroatoms. The standard InChI is InChI=1S/C22H22ClF3N4S/c1-14(15-6-4-3-5-7-15)30(13-27-2)18-10-17(11-18)29-21(31)28-16-8-9-20(23)19(12-16)22(24,25)26/h3-9,12-13,17-18H,1,10-11H2,2H3,(H2,28,29,31). The smallest absolute Gasteiger partial charge is 0.360 e. The van der Waals surface area contributed by atoms with E-state index >= 15 is 0 Å². The van der Waals surface area contributed by atoms with E-state index in [2.05, 4.69) is 22.2 Å². The topological polar surface area (TPSA) is 39.7 Å². The van der Waals surface area contributed by atoms with Crippen molar-refractivity contribution in [3.05, 3.63) is 71.3 Å². The molecule has 0 aliphatic heterocycles. The molecule has 0 bridgehead atoms. The van der Waals surface area contributed by atoms with Gasteiger partial charge < -0.3 is 15.5 Å². The Kier molecular flexibility index (Phi) is 7.23. The highest BCUT2D eigenvalue weighted by atomic mass is 35.5. The summed E-state index contributed by atoms with van der Waals surface area (Å²) >= 11 is 10.9. The van der Waals surface area contributed by atoms with E-state index in [1.165, 1.54) is 12.1 Å². The zero-order valence-corrected chi connectivity index (χ0v) is 18.4. The number of hydrogen-bond donors (Lipinski definition) is 2. The summed E-state index contributed by atoms with van der Waals surface area (Å²) in [4.78, 5) is 6.18. The largest absolute Gasteiger partial charge is 0.417 e. The van der Waals surface area contributed by atoms with Gasteiger partial charge in [-0.1, -0.05) is 48.5 Å². The Balaban J connectivity index is 1.56. The van der Waals surface area contributed by atoms with E-state index in [0.29, 0.717) is 0 Å². The van der Waals surface area contributed by atoms with Crippen molar-refractivity contribution in [2.45, 2.75) is 31.1 Å². The van der Waals surface area contributed by atoms with Gasteiger partial charge in [-0.25, -0.2) is 0 Å². The molecular weight excluding hydrogens is 445 g/mol. The Morgan fingerprint density at radius 1 is 1.23 bits per heavy atom. The fourth-order valence-electron chi connectivity index (χ4n) is 3.39. The second-order valence-electron chi connectivity index (χ2n) is 7.21. The molecule has 0 amide bonds. The van der Waals surface area contributed by atoms with Gasteiger partial charge in [-0.3, -0.25) is 4.99 Å². The van der Waals surface area contributed by atoms with Crippen LogP contribution in [0.25, 0.3) is 5.70 Å². The van der Waals surface area contributed by atoms with Gasteiger partial charge in [-0.15, -0.1) is 0 Å². The lowest BCUT2D eigenvalue weighted by Crippen LogP contribution is -2.53. The molecule has 4 nitrogen and oxygen atoms in total. The summed E-state index contributed by atoms with van der Waals surface area (Å²) in [7, 11) is 1.71. The lowest BCUT2D eigenvalue weighted by Gasteiger charge is -2.43. The van der Waals surface area contributed by atoms with E-state index in [-0.39, 0.29) is 27.9 Å². The van der Waals surface area contributed by atoms with Crippen LogP contribution >= 0.6 is 23.8 Å². The average molecular weight is 467 g/mol. The molecule has 0 radical (unpaired) electrons. The van der Waals surface area contributed by atoms with E-state index in [4.69, 9.17) is 23.8 Å². The van der Waals surface area contributed by atoms with Crippen LogP contribution in [-0.2, 0) is 6.18 Å². The van der Waals surface area contributed by atoms with Crippen LogP contribution in [0.4, 0.5) is 18.9 Å². The minimum atomic E-state index is -4.53. The lowest BCUT2D eigenvalue weighted by molar-refractivity contribution is -0.137. The van der Waals surface area contributed by atoms with E-state index in [1.807, 2.05) is 35.2 Å². The monoisotopic (exact) mass is 466 g/mol. The number of thiocarbonyl (C=S) groups is 1. The van der Waals surface area contributed by atoms with Gasteiger partial charge in [0.05, 0.1) is 16.9 Å². The number of benzene rings is 2. The third kappa shape index (κ3) is 5.77. The molecule has 31 heavy (non-hydrogen) atoms. The molecule has 1 fully saturated rings. The van der Waals surface area contributed by atoms with Crippen molar-refractivity contribution in [3.8, 4) is 0 Å². The van der Waals surface area contributed by atoms with Crippen LogP contribution in [0.15, 0.2) is 60.1 Å². The van der Waals surface area contributed by atoms with E-state index in [9.17, 15) is 13.2 Å². The number of rotatable bonds is 6. The van der Waals surface area contributed by atoms with Crippen molar-refractivity contribution in [3.63, 3.8) is 0 Å². The van der Waals surface area contributed by atoms with Crippen LogP contribution in [0.3, 0.4) is 0 Å². The number of halogens is 4. The highest BCUT2D eigenvalue weighted by molar-refractivity contribution is 7.80. The third-order valence-electron chi connectivity index (χ3n) is 5.03. The van der Waals surface area contributed by atoms with Crippen LogP contribution in [-0.4, -0.2) is 35.5 Å². The Hall–Kier alpha value is -2.58. The predicted molar refractivity (Wildman–Crippen MR) is 124 cm³/mol. The number of aliphatic imine (C=N–C) groups is 1. The van der Waals surface area contributed by atoms with Crippen LogP contribution in [0, 0.1) is 0 Å². The molecule has 2 N–H and O–H groups in total. The molecular formula is C22H22ClF3N4S. The van der Waals surface area contributed by atoms with E-state index < -0.39 is 11.7 Å². The van der Waals surface area contributed by atoms with Gasteiger partial charge in [0, 0.05) is 30.5 Å². The maximum Gasteiger partial charge on any atom is 0.417 e. The molecule has 0 aromatic heterocycles. The predicted octanol–water partition coefficient (Wildman–Crippen LogP) is 5.81. The number of nitrogens with zero attached hydrogens (tertiary/aromatic N) is 2. The summed E-state index contributed by atoms with van der Waals surface area (Å²) in [5.41, 5.74) is 1.19. The van der Waals surface area contributed by atoms with Gasteiger partial charge in [-0.05, 0) is 48.8 Å². The highest BCUT2D eigenvalue weighted by Crippen LogP contribution is 2.36. The zero-order chi connectivity index (χ0) is 22.6. The summed E-state index contributed by atoms with van der Waals surface area (Å²) in [6.07, 6.45) is -1.20. The van der Waals surface area contributed by atoms with Crippen molar-refractivity contribution in [1.29, 1.82) is 0 Å². The van der Waals surface area contributed by atoms with Crippen LogP contribution in [0.1, 0.15) is 24.0 Å². The number of hydrogen-bond acceptors (Lipinski definition) is 2. The van der Waals surface area contributed by atoms with Gasteiger partial charge in [-0.2, -0.15) is 13.2 Å². The number of alkyl halides is 3. The van der Waals surface area contributed by atoms with E-state index in [1.54, 1.807) is 13.4 Å². The Labute approximate surface area is 189 Å². The van der Waals surface area contributed by atoms with Crippen LogP contribution in [0.5, 0.6) is 0 Å². The molecule has 0 heterocycles.